The van der Waals surface area contributed by atoms with Crippen LogP contribution in [0.2, 0.25) is 0 Å². The van der Waals surface area contributed by atoms with Crippen molar-refractivity contribution in [2.45, 2.75) is 169 Å². The molecule has 17 heteroatoms. The number of ketones is 1. The van der Waals surface area contributed by atoms with Gasteiger partial charge in [-0.25, -0.2) is 4.79 Å². The summed E-state index contributed by atoms with van der Waals surface area (Å²) in [6, 6.07) is 1.64. The zero-order valence-electron chi connectivity index (χ0n) is 41.7. The number of Topliss-reactive ketones (excluding diaryl/α,β-unsaturated/α-hetero) is 1. The van der Waals surface area contributed by atoms with Gasteiger partial charge in [0.05, 0.1) is 37.6 Å². The van der Waals surface area contributed by atoms with E-state index in [4.69, 9.17) is 14.2 Å². The summed E-state index contributed by atoms with van der Waals surface area (Å²) in [5.74, 6) is -5.69. The molecule has 2 aliphatic rings. The molecule has 0 aromatic heterocycles. The summed E-state index contributed by atoms with van der Waals surface area (Å²) < 4.78 is 17.3. The monoisotopic (exact) mass is 929 g/mol. The second kappa shape index (κ2) is 26.1. The molecule has 1 unspecified atom stereocenters. The van der Waals surface area contributed by atoms with Gasteiger partial charge in [-0.1, -0.05) is 73.9 Å². The van der Waals surface area contributed by atoms with Crippen molar-refractivity contribution in [1.82, 2.24) is 31.1 Å². The van der Waals surface area contributed by atoms with Crippen molar-refractivity contribution < 1.29 is 52.9 Å². The Balaban J connectivity index is 2.19. The molecule has 0 bridgehead atoms. The molecule has 372 valence electrons. The van der Waals surface area contributed by atoms with Crippen molar-refractivity contribution in [1.29, 1.82) is 0 Å². The minimum Gasteiger partial charge on any atom is -0.497 e. The molecule has 2 saturated heterocycles. The lowest BCUT2D eigenvalue weighted by molar-refractivity contribution is -0.162. The molecular weight excluding hydrogens is 849 g/mol. The zero-order valence-corrected chi connectivity index (χ0v) is 41.7. The molecule has 0 spiro atoms. The van der Waals surface area contributed by atoms with E-state index >= 15 is 0 Å². The molecule has 0 aliphatic carbocycles. The quantitative estimate of drug-likeness (QED) is 0.142. The lowest BCUT2D eigenvalue weighted by Gasteiger charge is -2.36. The van der Waals surface area contributed by atoms with E-state index in [0.717, 1.165) is 0 Å². The number of methoxy groups -OCH3 is 1. The van der Waals surface area contributed by atoms with Gasteiger partial charge in [0, 0.05) is 32.6 Å². The summed E-state index contributed by atoms with van der Waals surface area (Å²) in [5, 5.41) is 23.9. The molecule has 11 atom stereocenters. The van der Waals surface area contributed by atoms with Crippen molar-refractivity contribution >= 4 is 41.4 Å². The predicted molar refractivity (Wildman–Crippen MR) is 250 cm³/mol. The maximum atomic E-state index is 14.7. The van der Waals surface area contributed by atoms with Gasteiger partial charge in [0.15, 0.2) is 11.9 Å². The molecule has 1 aromatic carbocycles. The predicted octanol–water partition coefficient (Wildman–Crippen LogP) is 3.18. The normalized spacial score (nSPS) is 28.2. The van der Waals surface area contributed by atoms with Gasteiger partial charge in [0.1, 0.15) is 30.0 Å². The molecule has 3 rings (SSSR count). The molecule has 2 fully saturated rings. The van der Waals surface area contributed by atoms with Crippen molar-refractivity contribution in [3.05, 3.63) is 29.8 Å². The number of hydrogen-bond donors (Lipinski definition) is 5. The van der Waals surface area contributed by atoms with Crippen molar-refractivity contribution in [3.63, 3.8) is 0 Å². The van der Waals surface area contributed by atoms with Crippen LogP contribution in [0.3, 0.4) is 0 Å². The highest BCUT2D eigenvalue weighted by molar-refractivity contribution is 6.05. The van der Waals surface area contributed by atoms with E-state index in [1.54, 1.807) is 59.2 Å². The van der Waals surface area contributed by atoms with Crippen molar-refractivity contribution in [2.75, 3.05) is 34.3 Å². The van der Waals surface area contributed by atoms with Gasteiger partial charge in [0.25, 0.3) is 0 Å². The number of cyclic esters (lactones) is 2. The minimum atomic E-state index is -1.33. The van der Waals surface area contributed by atoms with E-state index in [9.17, 15) is 38.7 Å². The first-order valence-corrected chi connectivity index (χ1v) is 23.9. The number of fused-ring (bicyclic) bond motifs is 1. The number of likely N-dealkylation sites (N-methyl/N-ethyl adjacent to an activating group) is 2. The van der Waals surface area contributed by atoms with Gasteiger partial charge in [0.2, 0.25) is 23.6 Å². The first kappa shape index (κ1) is 55.7. The van der Waals surface area contributed by atoms with E-state index in [0.29, 0.717) is 37.0 Å². The van der Waals surface area contributed by atoms with Crippen LogP contribution in [0.5, 0.6) is 5.75 Å². The topological polar surface area (TPSA) is 222 Å². The highest BCUT2D eigenvalue weighted by atomic mass is 16.6. The lowest BCUT2D eigenvalue weighted by atomic mass is 9.91. The third kappa shape index (κ3) is 15.5. The maximum absolute atomic E-state index is 14.7. The second-order valence-corrected chi connectivity index (χ2v) is 19.5. The number of hydrogen-bond acceptors (Lipinski definition) is 13. The number of carbonyl (C=O) groups excluding carboxylic acids is 7. The first-order valence-electron chi connectivity index (χ1n) is 23.9. The molecule has 2 aliphatic heterocycles. The largest absolute Gasteiger partial charge is 0.497 e. The summed E-state index contributed by atoms with van der Waals surface area (Å²) in [7, 11) is 4.73. The van der Waals surface area contributed by atoms with E-state index in [1.807, 2.05) is 41.5 Å². The molecule has 1 aromatic rings. The Morgan fingerprint density at radius 3 is 2.17 bits per heavy atom. The molecule has 0 radical (unpaired) electrons. The van der Waals surface area contributed by atoms with Crippen LogP contribution in [0.15, 0.2) is 24.3 Å². The number of aliphatic hydroxyl groups excluding tert-OH is 1. The number of amides is 4. The summed E-state index contributed by atoms with van der Waals surface area (Å²) in [5.41, 5.74) is 0.700. The van der Waals surface area contributed by atoms with Crippen LogP contribution in [-0.4, -0.2) is 145 Å². The molecular formula is C49H80N6O11. The lowest BCUT2D eigenvalue weighted by Crippen LogP contribution is -2.58. The van der Waals surface area contributed by atoms with Crippen LogP contribution in [0.25, 0.3) is 0 Å². The Labute approximate surface area is 392 Å². The average Bonchev–Trinajstić information content (AvgIpc) is 3.76. The number of aliphatic hydroxyl groups is 1. The summed E-state index contributed by atoms with van der Waals surface area (Å²) >= 11 is 0. The Hall–Kier alpha value is -4.61. The number of nitrogens with one attached hydrogen (secondary N) is 4. The van der Waals surface area contributed by atoms with Crippen LogP contribution >= 0.6 is 0 Å². The van der Waals surface area contributed by atoms with Crippen molar-refractivity contribution in [3.8, 4) is 5.75 Å². The van der Waals surface area contributed by atoms with Crippen LogP contribution in [0, 0.1) is 29.6 Å². The van der Waals surface area contributed by atoms with Gasteiger partial charge in [-0.3, -0.25) is 28.8 Å². The van der Waals surface area contributed by atoms with Gasteiger partial charge < -0.3 is 50.4 Å². The van der Waals surface area contributed by atoms with Gasteiger partial charge in [-0.15, -0.1) is 0 Å². The zero-order chi connectivity index (χ0) is 49.6. The Morgan fingerprint density at radius 1 is 0.955 bits per heavy atom. The Bertz CT molecular complexity index is 1790. The minimum absolute atomic E-state index is 0.00620. The highest BCUT2D eigenvalue weighted by Gasteiger charge is 2.43. The Morgan fingerprint density at radius 2 is 1.61 bits per heavy atom. The second-order valence-electron chi connectivity index (χ2n) is 19.5. The van der Waals surface area contributed by atoms with Crippen LogP contribution in [-0.2, 0) is 49.5 Å². The fraction of sp³-hybridized carbons (Fsp3) is 0.735. The Kier molecular flexibility index (Phi) is 22.0. The summed E-state index contributed by atoms with van der Waals surface area (Å²) in [4.78, 5) is 102. The average molecular weight is 929 g/mol. The smallest absolute Gasteiger partial charge is 0.329 e. The van der Waals surface area contributed by atoms with E-state index in [1.165, 1.54) is 23.8 Å². The number of esters is 2. The number of carbonyl (C=O) groups is 7. The fourth-order valence-corrected chi connectivity index (χ4v) is 8.64. The van der Waals surface area contributed by atoms with Crippen LogP contribution in [0.1, 0.15) is 113 Å². The summed E-state index contributed by atoms with van der Waals surface area (Å²) in [6.45, 7) is 18.2. The highest BCUT2D eigenvalue weighted by Crippen LogP contribution is 2.26. The molecule has 17 nitrogen and oxygen atoms in total. The third-order valence-electron chi connectivity index (χ3n) is 13.0. The van der Waals surface area contributed by atoms with E-state index in [-0.39, 0.29) is 49.6 Å². The van der Waals surface area contributed by atoms with Crippen LogP contribution in [0.4, 0.5) is 0 Å². The molecule has 5 N–H and O–H groups in total. The molecule has 2 heterocycles. The first-order chi connectivity index (χ1) is 31.0. The van der Waals surface area contributed by atoms with Crippen LogP contribution < -0.4 is 26.0 Å². The van der Waals surface area contributed by atoms with Gasteiger partial charge in [-0.05, 0) is 87.9 Å². The van der Waals surface area contributed by atoms with E-state index in [2.05, 4.69) is 21.3 Å². The third-order valence-corrected chi connectivity index (χ3v) is 13.0. The molecule has 4 amide bonds. The van der Waals surface area contributed by atoms with Gasteiger partial charge in [-0.2, -0.15) is 0 Å². The van der Waals surface area contributed by atoms with Crippen molar-refractivity contribution in [2.24, 2.45) is 29.6 Å². The number of rotatable bonds is 13. The summed E-state index contributed by atoms with van der Waals surface area (Å²) in [6.07, 6.45) is -1.97. The molecule has 66 heavy (non-hydrogen) atoms. The number of ether oxygens (including phenoxy) is 3. The molecule has 0 saturated carbocycles. The fourth-order valence-electron chi connectivity index (χ4n) is 8.64. The number of nitrogens with zero attached hydrogens (tertiary/aromatic N) is 2. The van der Waals surface area contributed by atoms with Gasteiger partial charge >= 0.3 is 11.9 Å². The standard InChI is InChI=1S/C49H80N6O11/c1-14-30(8)42-40(56)25-41(57)66-44(29(6)7)43(58)31(9)45(59)52-36(23-28(4)5)47(61)55-21-15-16-38(55)48(62)54(12)39(24-33-17-19-34(64-13)20-18-33)49(63)65-32(10)37(26-51-42)53-46(60)35(50-11)22-27(2)3/h17-20,27-32,35-40,42,44,50-51,56H,14-16,21-26H2,1-13H3,(H,52,59)(H,53,60)/t30-,31-,32+,35+,36-,37+,38?,39-,40-,42+,44-/m0/s1. The maximum Gasteiger partial charge on any atom is 0.329 e. The SMILES string of the molecule is CC[C@H](C)[C@H]1NC[C@@H](NC(=O)[C@@H](CC(C)C)NC)[C@@H](C)OC(=O)[C@H](Cc2ccc(OC)cc2)N(C)C(=O)C2CCCN2C(=O)[C@H](CC(C)C)NC(=O)[C@@H](C)C(=O)[C@H](C(C)C)OC(=O)C[C@@H]1O. The number of benzene rings is 1. The van der Waals surface area contributed by atoms with E-state index < -0.39 is 108 Å².